The van der Waals surface area contributed by atoms with Gasteiger partial charge in [-0.1, -0.05) is 25.7 Å². The van der Waals surface area contributed by atoms with Crippen LogP contribution in [0.25, 0.3) is 0 Å². The second-order valence-corrected chi connectivity index (χ2v) is 6.79. The molecular formula is C16H27N3O2. The first-order valence-electron chi connectivity index (χ1n) is 7.93. The number of nitrogens with one attached hydrogen (secondary N) is 1. The molecule has 5 heteroatoms. The molecule has 0 saturated heterocycles. The van der Waals surface area contributed by atoms with E-state index in [1.54, 1.807) is 0 Å². The molecule has 1 aromatic rings. The van der Waals surface area contributed by atoms with Gasteiger partial charge in [-0.15, -0.1) is 0 Å². The molecule has 0 radical (unpaired) electrons. The van der Waals surface area contributed by atoms with Gasteiger partial charge in [-0.05, 0) is 33.6 Å². The van der Waals surface area contributed by atoms with Gasteiger partial charge < -0.3 is 14.6 Å². The molecule has 0 aromatic carbocycles. The maximum Gasteiger partial charge on any atom is 0.407 e. The van der Waals surface area contributed by atoms with E-state index in [2.05, 4.69) is 14.9 Å². The Morgan fingerprint density at radius 3 is 2.62 bits per heavy atom. The van der Waals surface area contributed by atoms with Crippen LogP contribution in [0.3, 0.4) is 0 Å². The number of carbonyl (C=O) groups is 1. The Kier molecular flexibility index (Phi) is 5.26. The summed E-state index contributed by atoms with van der Waals surface area (Å²) in [5, 5.41) is 2.81. The first-order chi connectivity index (χ1) is 9.96. The Hall–Kier alpha value is -1.52. The summed E-state index contributed by atoms with van der Waals surface area (Å²) in [5.41, 5.74) is 0.582. The fraction of sp³-hybridized carbons (Fsp3) is 0.750. The van der Waals surface area contributed by atoms with E-state index in [-0.39, 0.29) is 6.09 Å². The summed E-state index contributed by atoms with van der Waals surface area (Å²) in [5.74, 6) is 0. The van der Waals surface area contributed by atoms with E-state index in [0.717, 1.165) is 5.69 Å². The Morgan fingerprint density at radius 1 is 1.33 bits per heavy atom. The van der Waals surface area contributed by atoms with E-state index in [1.807, 2.05) is 33.3 Å². The monoisotopic (exact) mass is 293 g/mol. The summed E-state index contributed by atoms with van der Waals surface area (Å²) in [6, 6.07) is 0.519. The van der Waals surface area contributed by atoms with Crippen molar-refractivity contribution in [2.75, 3.05) is 0 Å². The number of hydrogen-bond donors (Lipinski definition) is 1. The summed E-state index contributed by atoms with van der Waals surface area (Å²) in [6.07, 6.45) is 11.0. The molecule has 1 N–H and O–H groups in total. The average molecular weight is 293 g/mol. The van der Waals surface area contributed by atoms with Gasteiger partial charge in [-0.2, -0.15) is 0 Å². The predicted octanol–water partition coefficient (Wildman–Crippen LogP) is 3.80. The molecule has 1 fully saturated rings. The highest BCUT2D eigenvalue weighted by molar-refractivity contribution is 5.67. The SMILES string of the molecule is CC(C)(C)OC(=O)NCc1cncn1C1CCCCCC1. The van der Waals surface area contributed by atoms with Gasteiger partial charge in [-0.25, -0.2) is 9.78 Å². The first kappa shape index (κ1) is 15.9. The molecule has 0 unspecified atom stereocenters. The Labute approximate surface area is 127 Å². The van der Waals surface area contributed by atoms with E-state index in [1.165, 1.54) is 38.5 Å². The van der Waals surface area contributed by atoms with Crippen molar-refractivity contribution < 1.29 is 9.53 Å². The molecule has 0 bridgehead atoms. The van der Waals surface area contributed by atoms with Gasteiger partial charge in [0, 0.05) is 12.2 Å². The number of ether oxygens (including phenoxy) is 1. The van der Waals surface area contributed by atoms with Gasteiger partial charge >= 0.3 is 6.09 Å². The number of hydrogen-bond acceptors (Lipinski definition) is 3. The largest absolute Gasteiger partial charge is 0.444 e. The van der Waals surface area contributed by atoms with Crippen LogP contribution in [0.5, 0.6) is 0 Å². The lowest BCUT2D eigenvalue weighted by Crippen LogP contribution is -2.32. The van der Waals surface area contributed by atoms with Crippen LogP contribution in [-0.4, -0.2) is 21.2 Å². The van der Waals surface area contributed by atoms with Crippen LogP contribution in [-0.2, 0) is 11.3 Å². The van der Waals surface area contributed by atoms with Crippen molar-refractivity contribution in [2.45, 2.75) is 77.5 Å². The van der Waals surface area contributed by atoms with Crippen molar-refractivity contribution in [1.82, 2.24) is 14.9 Å². The highest BCUT2D eigenvalue weighted by atomic mass is 16.6. The number of imidazole rings is 1. The van der Waals surface area contributed by atoms with Gasteiger partial charge in [0.2, 0.25) is 0 Å². The molecule has 1 aromatic heterocycles. The molecule has 1 heterocycles. The van der Waals surface area contributed by atoms with Crippen molar-refractivity contribution in [3.8, 4) is 0 Å². The second-order valence-electron chi connectivity index (χ2n) is 6.79. The van der Waals surface area contributed by atoms with Gasteiger partial charge in [-0.3, -0.25) is 0 Å². The number of nitrogens with zero attached hydrogens (tertiary/aromatic N) is 2. The Bertz CT molecular complexity index is 454. The maximum absolute atomic E-state index is 11.7. The van der Waals surface area contributed by atoms with Crippen LogP contribution >= 0.6 is 0 Å². The third-order valence-corrected chi connectivity index (χ3v) is 3.78. The number of rotatable bonds is 3. The van der Waals surface area contributed by atoms with Crippen molar-refractivity contribution in [3.05, 3.63) is 18.2 Å². The fourth-order valence-corrected chi connectivity index (χ4v) is 2.81. The van der Waals surface area contributed by atoms with Crippen molar-refractivity contribution in [3.63, 3.8) is 0 Å². The lowest BCUT2D eigenvalue weighted by Gasteiger charge is -2.21. The van der Waals surface area contributed by atoms with E-state index < -0.39 is 5.60 Å². The molecule has 0 atom stereocenters. The van der Waals surface area contributed by atoms with Crippen LogP contribution in [0.15, 0.2) is 12.5 Å². The fourth-order valence-electron chi connectivity index (χ4n) is 2.81. The minimum absolute atomic E-state index is 0.379. The second kappa shape index (κ2) is 6.96. The molecule has 1 aliphatic rings. The van der Waals surface area contributed by atoms with Crippen LogP contribution in [0.1, 0.15) is 71.0 Å². The van der Waals surface area contributed by atoms with Crippen molar-refractivity contribution in [2.24, 2.45) is 0 Å². The van der Waals surface area contributed by atoms with E-state index in [9.17, 15) is 4.79 Å². The van der Waals surface area contributed by atoms with E-state index >= 15 is 0 Å². The number of aromatic nitrogens is 2. The predicted molar refractivity (Wildman–Crippen MR) is 82.0 cm³/mol. The minimum atomic E-state index is -0.467. The van der Waals surface area contributed by atoms with Crippen LogP contribution in [0.2, 0.25) is 0 Å². The smallest absolute Gasteiger partial charge is 0.407 e. The maximum atomic E-state index is 11.7. The van der Waals surface area contributed by atoms with E-state index in [0.29, 0.717) is 12.6 Å². The summed E-state index contributed by atoms with van der Waals surface area (Å²) >= 11 is 0. The first-order valence-corrected chi connectivity index (χ1v) is 7.93. The standard InChI is InChI=1S/C16H27N3O2/c1-16(2,3)21-15(20)18-11-14-10-17-12-19(14)13-8-6-4-5-7-9-13/h10,12-13H,4-9,11H2,1-3H3,(H,18,20). The topological polar surface area (TPSA) is 56.1 Å². The van der Waals surface area contributed by atoms with Crippen LogP contribution in [0, 0.1) is 0 Å². The number of amides is 1. The lowest BCUT2D eigenvalue weighted by molar-refractivity contribution is 0.0522. The average Bonchev–Trinajstić information content (AvgIpc) is 2.68. The zero-order valence-electron chi connectivity index (χ0n) is 13.4. The molecule has 21 heavy (non-hydrogen) atoms. The van der Waals surface area contributed by atoms with Crippen molar-refractivity contribution >= 4 is 6.09 Å². The van der Waals surface area contributed by atoms with Gasteiger partial charge in [0.05, 0.1) is 18.6 Å². The van der Waals surface area contributed by atoms with Crippen molar-refractivity contribution in [1.29, 1.82) is 0 Å². The number of carbonyl (C=O) groups excluding carboxylic acids is 1. The zero-order chi connectivity index (χ0) is 15.3. The third kappa shape index (κ3) is 5.06. The molecule has 1 amide bonds. The molecule has 118 valence electrons. The number of alkyl carbamates (subject to hydrolysis) is 1. The molecule has 2 rings (SSSR count). The molecule has 0 spiro atoms. The quantitative estimate of drug-likeness (QED) is 0.862. The summed E-state index contributed by atoms with van der Waals surface area (Å²) < 4.78 is 7.49. The molecule has 1 saturated carbocycles. The molecular weight excluding hydrogens is 266 g/mol. The van der Waals surface area contributed by atoms with Crippen LogP contribution in [0.4, 0.5) is 4.79 Å². The lowest BCUT2D eigenvalue weighted by atomic mass is 10.1. The summed E-state index contributed by atoms with van der Waals surface area (Å²) in [6.45, 7) is 6.05. The highest BCUT2D eigenvalue weighted by Gasteiger charge is 2.19. The van der Waals surface area contributed by atoms with Crippen LogP contribution < -0.4 is 5.32 Å². The minimum Gasteiger partial charge on any atom is -0.444 e. The third-order valence-electron chi connectivity index (χ3n) is 3.78. The molecule has 5 nitrogen and oxygen atoms in total. The Morgan fingerprint density at radius 2 is 2.00 bits per heavy atom. The highest BCUT2D eigenvalue weighted by Crippen LogP contribution is 2.28. The summed E-state index contributed by atoms with van der Waals surface area (Å²) in [4.78, 5) is 16.0. The van der Waals surface area contributed by atoms with Gasteiger partial charge in [0.15, 0.2) is 0 Å². The normalized spacial score (nSPS) is 17.3. The Balaban J connectivity index is 1.92. The zero-order valence-corrected chi connectivity index (χ0v) is 13.4. The molecule has 1 aliphatic carbocycles. The summed E-state index contributed by atoms with van der Waals surface area (Å²) in [7, 11) is 0. The van der Waals surface area contributed by atoms with Gasteiger partial charge in [0.1, 0.15) is 5.60 Å². The molecule has 0 aliphatic heterocycles. The van der Waals surface area contributed by atoms with Gasteiger partial charge in [0.25, 0.3) is 0 Å². The van der Waals surface area contributed by atoms with E-state index in [4.69, 9.17) is 4.74 Å².